The van der Waals surface area contributed by atoms with Gasteiger partial charge in [-0.2, -0.15) is 0 Å². The van der Waals surface area contributed by atoms with Crippen molar-refractivity contribution in [3.63, 3.8) is 0 Å². The monoisotopic (exact) mass is 204 g/mol. The van der Waals surface area contributed by atoms with Crippen molar-refractivity contribution in [1.82, 2.24) is 9.97 Å². The van der Waals surface area contributed by atoms with E-state index in [1.807, 2.05) is 37.3 Å². The molecule has 70 valence electrons. The number of halogens is 1. The lowest BCUT2D eigenvalue weighted by Gasteiger charge is -2.02. The van der Waals surface area contributed by atoms with Crippen LogP contribution in [-0.4, -0.2) is 9.97 Å². The molecule has 1 aromatic carbocycles. The minimum absolute atomic E-state index is 0.446. The first kappa shape index (κ1) is 9.16. The summed E-state index contributed by atoms with van der Waals surface area (Å²) in [7, 11) is 0. The minimum atomic E-state index is 0.446. The maximum atomic E-state index is 5.96. The average molecular weight is 205 g/mol. The fraction of sp³-hybridized carbons (Fsp3) is 0.0909. The predicted octanol–water partition coefficient (Wildman–Crippen LogP) is 3.11. The van der Waals surface area contributed by atoms with Crippen molar-refractivity contribution in [2.24, 2.45) is 0 Å². The van der Waals surface area contributed by atoms with Crippen LogP contribution in [0.25, 0.3) is 11.3 Å². The first-order valence-corrected chi connectivity index (χ1v) is 4.70. The fourth-order valence-corrected chi connectivity index (χ4v) is 1.44. The third-order valence-electron chi connectivity index (χ3n) is 1.90. The van der Waals surface area contributed by atoms with E-state index >= 15 is 0 Å². The molecule has 0 aliphatic rings. The predicted molar refractivity (Wildman–Crippen MR) is 57.2 cm³/mol. The van der Waals surface area contributed by atoms with Crippen molar-refractivity contribution < 1.29 is 0 Å². The lowest BCUT2D eigenvalue weighted by molar-refractivity contribution is 1.12. The van der Waals surface area contributed by atoms with Crippen molar-refractivity contribution in [2.75, 3.05) is 0 Å². The van der Waals surface area contributed by atoms with Gasteiger partial charge in [0.1, 0.15) is 5.69 Å². The molecule has 3 heteroatoms. The van der Waals surface area contributed by atoms with E-state index in [4.69, 9.17) is 11.6 Å². The second kappa shape index (κ2) is 3.76. The Kier molecular flexibility index (Phi) is 2.46. The van der Waals surface area contributed by atoms with E-state index in [-0.39, 0.29) is 0 Å². The van der Waals surface area contributed by atoms with Crippen LogP contribution >= 0.6 is 11.6 Å². The lowest BCUT2D eigenvalue weighted by atomic mass is 10.2. The van der Waals surface area contributed by atoms with Crippen molar-refractivity contribution >= 4 is 11.6 Å². The molecule has 0 N–H and O–H groups in total. The summed E-state index contributed by atoms with van der Waals surface area (Å²) in [6.45, 7) is 1.90. The van der Waals surface area contributed by atoms with E-state index in [9.17, 15) is 0 Å². The summed E-state index contributed by atoms with van der Waals surface area (Å²) in [5.41, 5.74) is 2.61. The zero-order valence-electron chi connectivity index (χ0n) is 7.74. The summed E-state index contributed by atoms with van der Waals surface area (Å²) in [6, 6.07) is 9.80. The smallest absolute Gasteiger partial charge is 0.155 e. The summed E-state index contributed by atoms with van der Waals surface area (Å²) >= 11 is 5.96. The molecule has 2 aromatic rings. The summed E-state index contributed by atoms with van der Waals surface area (Å²) < 4.78 is 0. The highest BCUT2D eigenvalue weighted by molar-refractivity contribution is 6.31. The van der Waals surface area contributed by atoms with Gasteiger partial charge in [0.25, 0.3) is 0 Å². The van der Waals surface area contributed by atoms with Crippen LogP contribution in [0.3, 0.4) is 0 Å². The normalized spacial score (nSPS) is 10.1. The first-order chi connectivity index (χ1) is 6.77. The SMILES string of the molecule is Cc1cnc(Cl)c(-c2ccccc2)n1. The first-order valence-electron chi connectivity index (χ1n) is 4.32. The Labute approximate surface area is 87.6 Å². The highest BCUT2D eigenvalue weighted by atomic mass is 35.5. The van der Waals surface area contributed by atoms with Crippen LogP contribution in [0, 0.1) is 6.92 Å². The number of aryl methyl sites for hydroxylation is 1. The summed E-state index contributed by atoms with van der Waals surface area (Å²) in [5.74, 6) is 0. The molecule has 0 aliphatic heterocycles. The van der Waals surface area contributed by atoms with E-state index in [1.165, 1.54) is 0 Å². The molecule has 0 amide bonds. The molecule has 14 heavy (non-hydrogen) atoms. The lowest BCUT2D eigenvalue weighted by Crippen LogP contribution is -1.90. The number of nitrogens with zero attached hydrogens (tertiary/aromatic N) is 2. The molecular formula is C11H9ClN2. The second-order valence-electron chi connectivity index (χ2n) is 3.02. The van der Waals surface area contributed by atoms with Crippen LogP contribution in [-0.2, 0) is 0 Å². The van der Waals surface area contributed by atoms with E-state index in [2.05, 4.69) is 9.97 Å². The quantitative estimate of drug-likeness (QED) is 0.714. The van der Waals surface area contributed by atoms with Crippen molar-refractivity contribution in [3.8, 4) is 11.3 Å². The largest absolute Gasteiger partial charge is 0.248 e. The Morgan fingerprint density at radius 2 is 1.86 bits per heavy atom. The van der Waals surface area contributed by atoms with Crippen LogP contribution in [0.2, 0.25) is 5.15 Å². The molecular weight excluding hydrogens is 196 g/mol. The van der Waals surface area contributed by atoms with Gasteiger partial charge in [-0.3, -0.25) is 0 Å². The Morgan fingerprint density at radius 3 is 2.57 bits per heavy atom. The van der Waals surface area contributed by atoms with Gasteiger partial charge in [0.2, 0.25) is 0 Å². The van der Waals surface area contributed by atoms with Crippen LogP contribution < -0.4 is 0 Å². The van der Waals surface area contributed by atoms with Gasteiger partial charge in [-0.25, -0.2) is 9.97 Å². The molecule has 2 rings (SSSR count). The molecule has 0 bridgehead atoms. The number of hydrogen-bond acceptors (Lipinski definition) is 2. The zero-order valence-corrected chi connectivity index (χ0v) is 8.49. The van der Waals surface area contributed by atoms with E-state index in [1.54, 1.807) is 6.20 Å². The molecule has 0 fully saturated rings. The maximum absolute atomic E-state index is 5.96. The molecule has 2 nitrogen and oxygen atoms in total. The van der Waals surface area contributed by atoms with E-state index in [0.717, 1.165) is 17.0 Å². The fourth-order valence-electron chi connectivity index (χ4n) is 1.24. The van der Waals surface area contributed by atoms with Gasteiger partial charge in [0, 0.05) is 11.8 Å². The molecule has 0 atom stereocenters. The van der Waals surface area contributed by atoms with E-state index in [0.29, 0.717) is 5.15 Å². The Hall–Kier alpha value is -1.41. The third-order valence-corrected chi connectivity index (χ3v) is 2.17. The van der Waals surface area contributed by atoms with Crippen LogP contribution in [0.4, 0.5) is 0 Å². The molecule has 0 saturated heterocycles. The van der Waals surface area contributed by atoms with Crippen LogP contribution in [0.15, 0.2) is 36.5 Å². The van der Waals surface area contributed by atoms with Gasteiger partial charge in [-0.05, 0) is 6.92 Å². The topological polar surface area (TPSA) is 25.8 Å². The molecule has 0 saturated carbocycles. The molecule has 0 unspecified atom stereocenters. The zero-order chi connectivity index (χ0) is 9.97. The Morgan fingerprint density at radius 1 is 1.14 bits per heavy atom. The molecule has 0 radical (unpaired) electrons. The Balaban J connectivity index is 2.57. The van der Waals surface area contributed by atoms with Crippen LogP contribution in [0.1, 0.15) is 5.69 Å². The second-order valence-corrected chi connectivity index (χ2v) is 3.37. The van der Waals surface area contributed by atoms with Gasteiger partial charge in [0.05, 0.1) is 5.69 Å². The highest BCUT2D eigenvalue weighted by Crippen LogP contribution is 2.23. The van der Waals surface area contributed by atoms with Gasteiger partial charge >= 0.3 is 0 Å². The van der Waals surface area contributed by atoms with Gasteiger partial charge in [-0.15, -0.1) is 0 Å². The summed E-state index contributed by atoms with van der Waals surface area (Å²) in [5, 5.41) is 0.446. The number of aromatic nitrogens is 2. The highest BCUT2D eigenvalue weighted by Gasteiger charge is 2.05. The number of benzene rings is 1. The number of hydrogen-bond donors (Lipinski definition) is 0. The van der Waals surface area contributed by atoms with Gasteiger partial charge in [-0.1, -0.05) is 41.9 Å². The maximum Gasteiger partial charge on any atom is 0.155 e. The molecule has 1 aromatic heterocycles. The van der Waals surface area contributed by atoms with Crippen molar-refractivity contribution in [3.05, 3.63) is 47.4 Å². The van der Waals surface area contributed by atoms with Crippen molar-refractivity contribution in [2.45, 2.75) is 6.92 Å². The molecule has 1 heterocycles. The summed E-state index contributed by atoms with van der Waals surface area (Å²) in [6.07, 6.45) is 1.66. The van der Waals surface area contributed by atoms with Gasteiger partial charge < -0.3 is 0 Å². The molecule has 0 aliphatic carbocycles. The third kappa shape index (κ3) is 1.75. The van der Waals surface area contributed by atoms with Crippen LogP contribution in [0.5, 0.6) is 0 Å². The standard InChI is InChI=1S/C11H9ClN2/c1-8-7-13-11(12)10(14-8)9-5-3-2-4-6-9/h2-7H,1H3. The Bertz CT molecular complexity index is 440. The number of rotatable bonds is 1. The van der Waals surface area contributed by atoms with Crippen molar-refractivity contribution in [1.29, 1.82) is 0 Å². The minimum Gasteiger partial charge on any atom is -0.248 e. The average Bonchev–Trinajstić information content (AvgIpc) is 2.23. The van der Waals surface area contributed by atoms with Gasteiger partial charge in [0.15, 0.2) is 5.15 Å². The van der Waals surface area contributed by atoms with E-state index < -0.39 is 0 Å². The molecule has 0 spiro atoms. The summed E-state index contributed by atoms with van der Waals surface area (Å²) in [4.78, 5) is 8.41.